The van der Waals surface area contributed by atoms with Crippen molar-refractivity contribution >= 4 is 43.3 Å². The van der Waals surface area contributed by atoms with E-state index in [-0.39, 0.29) is 12.2 Å². The molecule has 3 heterocycles. The van der Waals surface area contributed by atoms with Crippen LogP contribution in [0.2, 0.25) is 0 Å². The summed E-state index contributed by atoms with van der Waals surface area (Å²) < 4.78 is 2.54. The molecule has 0 N–H and O–H groups in total. The maximum atomic E-state index is 11.4. The first-order chi connectivity index (χ1) is 12.1. The van der Waals surface area contributed by atoms with Crippen molar-refractivity contribution in [3.63, 3.8) is 0 Å². The summed E-state index contributed by atoms with van der Waals surface area (Å²) in [6.07, 6.45) is 1.68. The van der Waals surface area contributed by atoms with Crippen LogP contribution in [0.15, 0.2) is 50.7 Å². The average Bonchev–Trinajstić information content (AvgIpc) is 2.88. The number of aromatic nitrogens is 4. The summed E-state index contributed by atoms with van der Waals surface area (Å²) in [4.78, 5) is 19.9. The molecule has 25 heavy (non-hydrogen) atoms. The van der Waals surface area contributed by atoms with E-state index >= 15 is 0 Å². The second kappa shape index (κ2) is 6.12. The number of aliphatic imine (C=N–C) groups is 1. The Labute approximate surface area is 158 Å². The third-order valence-electron chi connectivity index (χ3n) is 3.73. The van der Waals surface area contributed by atoms with Gasteiger partial charge in [0.1, 0.15) is 6.54 Å². The predicted molar refractivity (Wildman–Crippen MR) is 97.0 cm³/mol. The fraction of sp³-hybridized carbons (Fsp3) is 0.0667. The third kappa shape index (κ3) is 2.67. The second-order valence-electron chi connectivity index (χ2n) is 5.18. The van der Waals surface area contributed by atoms with Crippen molar-refractivity contribution in [1.82, 2.24) is 19.7 Å². The number of nitro benzene ring substituents is 1. The SMILES string of the molecule is O=[N+]([O-])c1cc2c(cc1Br)C(c1ccccn1)=NCc1nnc(Br)n1-2. The smallest absolute Gasteiger partial charge is 0.274 e. The van der Waals surface area contributed by atoms with Gasteiger partial charge in [-0.1, -0.05) is 6.07 Å². The summed E-state index contributed by atoms with van der Waals surface area (Å²) in [5.74, 6) is 0.579. The van der Waals surface area contributed by atoms with E-state index in [0.717, 1.165) is 0 Å². The van der Waals surface area contributed by atoms with E-state index in [1.807, 2.05) is 18.2 Å². The van der Waals surface area contributed by atoms with Crippen LogP contribution < -0.4 is 0 Å². The molecule has 3 aromatic rings. The monoisotopic (exact) mass is 462 g/mol. The van der Waals surface area contributed by atoms with Crippen molar-refractivity contribution in [3.8, 4) is 5.69 Å². The fourth-order valence-corrected chi connectivity index (χ4v) is 3.62. The Hall–Kier alpha value is -2.46. The van der Waals surface area contributed by atoms with Crippen LogP contribution in [0.5, 0.6) is 0 Å². The molecular formula is C15H8Br2N6O2. The molecule has 0 fully saturated rings. The van der Waals surface area contributed by atoms with Gasteiger partial charge in [0.2, 0.25) is 4.73 Å². The maximum Gasteiger partial charge on any atom is 0.285 e. The van der Waals surface area contributed by atoms with E-state index < -0.39 is 4.92 Å². The highest BCUT2D eigenvalue weighted by atomic mass is 79.9. The van der Waals surface area contributed by atoms with E-state index in [0.29, 0.717) is 37.7 Å². The lowest BCUT2D eigenvalue weighted by Gasteiger charge is -2.12. The number of rotatable bonds is 2. The fourth-order valence-electron chi connectivity index (χ4n) is 2.66. The number of nitrogens with zero attached hydrogens (tertiary/aromatic N) is 6. The molecule has 0 radical (unpaired) electrons. The van der Waals surface area contributed by atoms with Crippen molar-refractivity contribution in [1.29, 1.82) is 0 Å². The molecular weight excluding hydrogens is 456 g/mol. The first-order valence-corrected chi connectivity index (χ1v) is 8.69. The van der Waals surface area contributed by atoms with Gasteiger partial charge in [-0.05, 0) is 50.1 Å². The van der Waals surface area contributed by atoms with Crippen molar-refractivity contribution in [2.45, 2.75) is 6.54 Å². The highest BCUT2D eigenvalue weighted by Gasteiger charge is 2.26. The van der Waals surface area contributed by atoms with Crippen molar-refractivity contribution in [3.05, 3.63) is 72.9 Å². The topological polar surface area (TPSA) is 99.1 Å². The number of nitro groups is 1. The predicted octanol–water partition coefficient (Wildman–Crippen LogP) is 3.45. The van der Waals surface area contributed by atoms with Crippen LogP contribution in [0.4, 0.5) is 5.69 Å². The molecule has 0 saturated carbocycles. The van der Waals surface area contributed by atoms with Gasteiger partial charge < -0.3 is 0 Å². The molecule has 1 aromatic carbocycles. The number of fused-ring (bicyclic) bond motifs is 3. The van der Waals surface area contributed by atoms with Crippen LogP contribution in [-0.4, -0.2) is 30.4 Å². The zero-order chi connectivity index (χ0) is 17.6. The molecule has 0 aliphatic carbocycles. The number of hydrogen-bond donors (Lipinski definition) is 0. The molecule has 0 saturated heterocycles. The minimum atomic E-state index is -0.440. The van der Waals surface area contributed by atoms with Crippen LogP contribution in [-0.2, 0) is 6.54 Å². The van der Waals surface area contributed by atoms with Crippen molar-refractivity contribution in [2.75, 3.05) is 0 Å². The van der Waals surface area contributed by atoms with Gasteiger partial charge in [0.05, 0.1) is 26.5 Å². The van der Waals surface area contributed by atoms with Crippen LogP contribution in [0.25, 0.3) is 5.69 Å². The van der Waals surface area contributed by atoms with Crippen LogP contribution in [0.3, 0.4) is 0 Å². The van der Waals surface area contributed by atoms with E-state index in [2.05, 4.69) is 52.0 Å². The Morgan fingerprint density at radius 3 is 2.76 bits per heavy atom. The average molecular weight is 464 g/mol. The minimum absolute atomic E-state index is 0.0485. The quantitative estimate of drug-likeness (QED) is 0.428. The number of benzene rings is 1. The van der Waals surface area contributed by atoms with Gasteiger partial charge in [-0.3, -0.25) is 24.7 Å². The van der Waals surface area contributed by atoms with Crippen molar-refractivity contribution < 1.29 is 4.92 Å². The van der Waals surface area contributed by atoms with Gasteiger partial charge >= 0.3 is 0 Å². The summed E-state index contributed by atoms with van der Waals surface area (Å²) in [6.45, 7) is 0.282. The summed E-state index contributed by atoms with van der Waals surface area (Å²) in [6, 6.07) is 8.70. The molecule has 124 valence electrons. The van der Waals surface area contributed by atoms with E-state index in [1.54, 1.807) is 16.8 Å². The normalized spacial score (nSPS) is 12.8. The second-order valence-corrected chi connectivity index (χ2v) is 6.74. The molecule has 1 aliphatic heterocycles. The molecule has 0 atom stereocenters. The molecule has 8 nitrogen and oxygen atoms in total. The highest BCUT2D eigenvalue weighted by Crippen LogP contribution is 2.35. The van der Waals surface area contributed by atoms with Gasteiger partial charge in [-0.2, -0.15) is 0 Å². The van der Waals surface area contributed by atoms with E-state index in [1.165, 1.54) is 6.07 Å². The molecule has 4 rings (SSSR count). The molecule has 2 aromatic heterocycles. The number of pyridine rings is 1. The zero-order valence-corrected chi connectivity index (χ0v) is 15.6. The Kier molecular flexibility index (Phi) is 3.92. The lowest BCUT2D eigenvalue weighted by molar-refractivity contribution is -0.385. The Balaban J connectivity index is 2.05. The third-order valence-corrected chi connectivity index (χ3v) is 4.88. The first-order valence-electron chi connectivity index (χ1n) is 7.10. The summed E-state index contributed by atoms with van der Waals surface area (Å²) in [7, 11) is 0. The van der Waals surface area contributed by atoms with Gasteiger partial charge in [0, 0.05) is 17.8 Å². The van der Waals surface area contributed by atoms with Gasteiger partial charge in [-0.25, -0.2) is 0 Å². The van der Waals surface area contributed by atoms with Crippen LogP contribution in [0, 0.1) is 10.1 Å². The minimum Gasteiger partial charge on any atom is -0.274 e. The standard InChI is InChI=1S/C15H8Br2N6O2/c16-9-5-8-11(6-12(9)23(24)25)22-13(20-21-15(22)17)7-19-14(8)10-3-1-2-4-18-10/h1-6H,7H2. The first kappa shape index (κ1) is 16.0. The summed E-state index contributed by atoms with van der Waals surface area (Å²) in [5.41, 5.74) is 2.55. The lowest BCUT2D eigenvalue weighted by atomic mass is 10.0. The zero-order valence-electron chi connectivity index (χ0n) is 12.4. The summed E-state index contributed by atoms with van der Waals surface area (Å²) in [5, 5.41) is 19.5. The Morgan fingerprint density at radius 2 is 2.04 bits per heavy atom. The van der Waals surface area contributed by atoms with Gasteiger partial charge in [-0.15, -0.1) is 10.2 Å². The largest absolute Gasteiger partial charge is 0.285 e. The van der Waals surface area contributed by atoms with Crippen molar-refractivity contribution in [2.24, 2.45) is 4.99 Å². The highest BCUT2D eigenvalue weighted by molar-refractivity contribution is 9.10. The van der Waals surface area contributed by atoms with Crippen LogP contribution in [0.1, 0.15) is 17.1 Å². The maximum absolute atomic E-state index is 11.4. The Morgan fingerprint density at radius 1 is 1.20 bits per heavy atom. The van der Waals surface area contributed by atoms with Gasteiger partial charge in [0.25, 0.3) is 5.69 Å². The molecule has 0 unspecified atom stereocenters. The van der Waals surface area contributed by atoms with E-state index in [9.17, 15) is 10.1 Å². The van der Waals surface area contributed by atoms with Crippen LogP contribution >= 0.6 is 31.9 Å². The number of halogens is 2. The van der Waals surface area contributed by atoms with Gasteiger partial charge in [0.15, 0.2) is 5.82 Å². The molecule has 10 heteroatoms. The lowest BCUT2D eigenvalue weighted by Crippen LogP contribution is -2.10. The molecule has 0 bridgehead atoms. The molecule has 1 aliphatic rings. The summed E-state index contributed by atoms with van der Waals surface area (Å²) >= 11 is 6.64. The van der Waals surface area contributed by atoms with E-state index in [4.69, 9.17) is 0 Å². The number of hydrogen-bond acceptors (Lipinski definition) is 6. The molecule has 0 spiro atoms. The Bertz CT molecular complexity index is 1030. The molecule has 0 amide bonds.